The average Bonchev–Trinajstić information content (AvgIpc) is 2.82. The number of halogens is 4. The third-order valence-corrected chi connectivity index (χ3v) is 4.40. The molecule has 2 rings (SSSR count). The summed E-state index contributed by atoms with van der Waals surface area (Å²) in [4.78, 5) is 8.85. The van der Waals surface area contributed by atoms with Gasteiger partial charge in [0.15, 0.2) is 5.96 Å². The molecule has 1 fully saturated rings. The standard InChI is InChI=1S/C18H28F3N5O.HI/c1-22-17(23-8-11-26-10-5-9-25(2)12-13-26)24-14-15-6-3-4-7-16(15)27-18(19,20)21;/h3-4,6-7H,5,8-14H2,1-2H3,(H2,22,23,24);1H. The average molecular weight is 515 g/mol. The van der Waals surface area contributed by atoms with Crippen molar-refractivity contribution in [3.05, 3.63) is 29.8 Å². The van der Waals surface area contributed by atoms with Gasteiger partial charge in [0.2, 0.25) is 0 Å². The summed E-state index contributed by atoms with van der Waals surface area (Å²) in [5.41, 5.74) is 0.410. The van der Waals surface area contributed by atoms with Crippen molar-refractivity contribution in [3.63, 3.8) is 0 Å². The molecule has 1 saturated heterocycles. The van der Waals surface area contributed by atoms with E-state index in [1.165, 1.54) is 12.1 Å². The summed E-state index contributed by atoms with van der Waals surface area (Å²) in [5, 5.41) is 6.24. The fourth-order valence-corrected chi connectivity index (χ4v) is 2.93. The number of aliphatic imine (C=N–C) groups is 1. The number of ether oxygens (including phenoxy) is 1. The van der Waals surface area contributed by atoms with Crippen LogP contribution in [0, 0.1) is 0 Å². The summed E-state index contributed by atoms with van der Waals surface area (Å²) in [5.74, 6) is 0.338. The molecule has 0 saturated carbocycles. The number of guanidine groups is 1. The maximum Gasteiger partial charge on any atom is 0.573 e. The molecule has 1 aliphatic heterocycles. The van der Waals surface area contributed by atoms with E-state index in [9.17, 15) is 13.2 Å². The van der Waals surface area contributed by atoms with Crippen LogP contribution in [0.4, 0.5) is 13.2 Å². The highest BCUT2D eigenvalue weighted by Crippen LogP contribution is 2.25. The van der Waals surface area contributed by atoms with Crippen LogP contribution in [0.3, 0.4) is 0 Å². The summed E-state index contributed by atoms with van der Waals surface area (Å²) in [7, 11) is 3.77. The Labute approximate surface area is 181 Å². The molecular weight excluding hydrogens is 486 g/mol. The molecule has 1 aromatic rings. The van der Waals surface area contributed by atoms with Crippen LogP contribution < -0.4 is 15.4 Å². The summed E-state index contributed by atoms with van der Waals surface area (Å²) in [6.45, 7) is 6.06. The molecule has 0 unspecified atom stereocenters. The molecule has 0 bridgehead atoms. The number of nitrogens with zero attached hydrogens (tertiary/aromatic N) is 3. The van der Waals surface area contributed by atoms with Gasteiger partial charge in [-0.25, -0.2) is 0 Å². The molecule has 0 radical (unpaired) electrons. The number of hydrogen-bond donors (Lipinski definition) is 2. The Morgan fingerprint density at radius 1 is 1.14 bits per heavy atom. The number of alkyl halides is 3. The van der Waals surface area contributed by atoms with Crippen LogP contribution in [0.15, 0.2) is 29.3 Å². The van der Waals surface area contributed by atoms with Crippen molar-refractivity contribution in [1.29, 1.82) is 0 Å². The zero-order valence-corrected chi connectivity index (χ0v) is 18.6. The van der Waals surface area contributed by atoms with Crippen LogP contribution >= 0.6 is 24.0 Å². The van der Waals surface area contributed by atoms with Crippen molar-refractivity contribution in [1.82, 2.24) is 20.4 Å². The number of nitrogens with one attached hydrogen (secondary N) is 2. The van der Waals surface area contributed by atoms with E-state index in [2.05, 4.69) is 37.2 Å². The van der Waals surface area contributed by atoms with Crippen LogP contribution in [-0.2, 0) is 6.54 Å². The van der Waals surface area contributed by atoms with E-state index < -0.39 is 6.36 Å². The lowest BCUT2D eigenvalue weighted by atomic mass is 10.2. The van der Waals surface area contributed by atoms with Gasteiger partial charge in [-0.15, -0.1) is 37.1 Å². The molecule has 6 nitrogen and oxygen atoms in total. The highest BCUT2D eigenvalue weighted by molar-refractivity contribution is 14.0. The fraction of sp³-hybridized carbons (Fsp3) is 0.611. The molecule has 28 heavy (non-hydrogen) atoms. The van der Waals surface area contributed by atoms with Crippen LogP contribution in [0.2, 0.25) is 0 Å². The molecule has 160 valence electrons. The number of benzene rings is 1. The maximum absolute atomic E-state index is 12.5. The lowest BCUT2D eigenvalue weighted by Crippen LogP contribution is -2.42. The number of likely N-dealkylation sites (N-methyl/N-ethyl adjacent to an activating group) is 1. The maximum atomic E-state index is 12.5. The molecule has 1 aromatic carbocycles. The second-order valence-electron chi connectivity index (χ2n) is 6.51. The predicted octanol–water partition coefficient (Wildman–Crippen LogP) is 2.51. The van der Waals surface area contributed by atoms with Gasteiger partial charge in [-0.2, -0.15) is 0 Å². The van der Waals surface area contributed by atoms with Crippen molar-refractivity contribution in [2.75, 3.05) is 53.4 Å². The number of hydrogen-bond acceptors (Lipinski definition) is 4. The monoisotopic (exact) mass is 515 g/mol. The molecule has 2 N–H and O–H groups in total. The van der Waals surface area contributed by atoms with Gasteiger partial charge in [0, 0.05) is 45.3 Å². The first-order chi connectivity index (χ1) is 12.9. The van der Waals surface area contributed by atoms with Gasteiger partial charge in [0.1, 0.15) is 5.75 Å². The smallest absolute Gasteiger partial charge is 0.405 e. The highest BCUT2D eigenvalue weighted by atomic mass is 127. The van der Waals surface area contributed by atoms with Crippen LogP contribution in [-0.4, -0.2) is 75.5 Å². The zero-order chi connectivity index (χ0) is 19.7. The van der Waals surface area contributed by atoms with E-state index in [-0.39, 0.29) is 36.3 Å². The Kier molecular flexibility index (Phi) is 10.9. The van der Waals surface area contributed by atoms with Gasteiger partial charge < -0.3 is 25.2 Å². The van der Waals surface area contributed by atoms with E-state index >= 15 is 0 Å². The minimum Gasteiger partial charge on any atom is -0.405 e. The molecule has 10 heteroatoms. The van der Waals surface area contributed by atoms with Crippen LogP contribution in [0.1, 0.15) is 12.0 Å². The Morgan fingerprint density at radius 2 is 1.89 bits per heavy atom. The lowest BCUT2D eigenvalue weighted by Gasteiger charge is -2.21. The SMILES string of the molecule is CN=C(NCCN1CCCN(C)CC1)NCc1ccccc1OC(F)(F)F.I. The number of para-hydroxylation sites is 1. The topological polar surface area (TPSA) is 52.1 Å². The molecule has 0 aromatic heterocycles. The summed E-state index contributed by atoms with van der Waals surface area (Å²) >= 11 is 0. The van der Waals surface area contributed by atoms with Crippen LogP contribution in [0.5, 0.6) is 5.75 Å². The van der Waals surface area contributed by atoms with Crippen molar-refractivity contribution in [2.24, 2.45) is 4.99 Å². The zero-order valence-electron chi connectivity index (χ0n) is 16.3. The van der Waals surface area contributed by atoms with Gasteiger partial charge in [0.05, 0.1) is 0 Å². The van der Waals surface area contributed by atoms with Gasteiger partial charge >= 0.3 is 6.36 Å². The minimum absolute atomic E-state index is 0. The number of rotatable bonds is 6. The molecule has 0 amide bonds. The molecule has 0 atom stereocenters. The second kappa shape index (κ2) is 12.3. The summed E-state index contributed by atoms with van der Waals surface area (Å²) in [6, 6.07) is 6.08. The normalized spacial score (nSPS) is 16.8. The first kappa shape index (κ1) is 24.8. The molecule has 0 aliphatic carbocycles. The molecule has 1 aliphatic rings. The Hall–Kier alpha value is -1.27. The molecule has 0 spiro atoms. The van der Waals surface area contributed by atoms with E-state index in [4.69, 9.17) is 0 Å². The van der Waals surface area contributed by atoms with Crippen molar-refractivity contribution >= 4 is 29.9 Å². The second-order valence-corrected chi connectivity index (χ2v) is 6.51. The van der Waals surface area contributed by atoms with Crippen molar-refractivity contribution in [2.45, 2.75) is 19.3 Å². The van der Waals surface area contributed by atoms with E-state index in [0.29, 0.717) is 18.1 Å². The summed E-state index contributed by atoms with van der Waals surface area (Å²) in [6.07, 6.45) is -3.56. The Bertz CT molecular complexity index is 615. The van der Waals surface area contributed by atoms with Gasteiger partial charge in [-0.05, 0) is 32.6 Å². The van der Waals surface area contributed by atoms with Gasteiger partial charge in [0.25, 0.3) is 0 Å². The van der Waals surface area contributed by atoms with E-state index in [0.717, 1.165) is 39.1 Å². The first-order valence-electron chi connectivity index (χ1n) is 9.06. The third kappa shape index (κ3) is 9.28. The lowest BCUT2D eigenvalue weighted by molar-refractivity contribution is -0.274. The fourth-order valence-electron chi connectivity index (χ4n) is 2.93. The molecule has 1 heterocycles. The quantitative estimate of drug-likeness (QED) is 0.347. The minimum atomic E-state index is -4.71. The highest BCUT2D eigenvalue weighted by Gasteiger charge is 2.31. The summed E-state index contributed by atoms with van der Waals surface area (Å²) < 4.78 is 41.6. The van der Waals surface area contributed by atoms with Crippen LogP contribution in [0.25, 0.3) is 0 Å². The van der Waals surface area contributed by atoms with Gasteiger partial charge in [-0.3, -0.25) is 4.99 Å². The third-order valence-electron chi connectivity index (χ3n) is 4.40. The Balaban J connectivity index is 0.00000392. The van der Waals surface area contributed by atoms with E-state index in [1.54, 1.807) is 19.2 Å². The molecular formula is C18H29F3IN5O. The van der Waals surface area contributed by atoms with Gasteiger partial charge in [-0.1, -0.05) is 18.2 Å². The predicted molar refractivity (Wildman–Crippen MR) is 115 cm³/mol. The van der Waals surface area contributed by atoms with Crippen molar-refractivity contribution in [3.8, 4) is 5.75 Å². The first-order valence-corrected chi connectivity index (χ1v) is 9.06. The van der Waals surface area contributed by atoms with Crippen molar-refractivity contribution < 1.29 is 17.9 Å². The van der Waals surface area contributed by atoms with E-state index in [1.807, 2.05) is 0 Å². The largest absolute Gasteiger partial charge is 0.573 e. The Morgan fingerprint density at radius 3 is 2.61 bits per heavy atom.